The highest BCUT2D eigenvalue weighted by atomic mass is 79.9. The molecule has 0 radical (unpaired) electrons. The van der Waals surface area contributed by atoms with Gasteiger partial charge in [-0.15, -0.1) is 10.2 Å². The fraction of sp³-hybridized carbons (Fsp3) is 0.318. The van der Waals surface area contributed by atoms with E-state index >= 15 is 0 Å². The first-order valence-electron chi connectivity index (χ1n) is 9.59. The van der Waals surface area contributed by atoms with Crippen molar-refractivity contribution in [2.75, 3.05) is 18.2 Å². The van der Waals surface area contributed by atoms with Crippen LogP contribution in [0.4, 0.5) is 5.69 Å². The monoisotopic (exact) mass is 489 g/mol. The molecule has 0 bridgehead atoms. The Balaban J connectivity index is 1.43. The lowest BCUT2D eigenvalue weighted by molar-refractivity contribution is -0.113. The lowest BCUT2D eigenvalue weighted by Gasteiger charge is -2.07. The molecule has 6 nitrogen and oxygen atoms in total. The maximum absolute atomic E-state index is 12.2. The number of carbonyl (C=O) groups excluding carboxylic acids is 1. The van der Waals surface area contributed by atoms with E-state index in [0.717, 1.165) is 39.9 Å². The number of aromatic nitrogens is 2. The predicted octanol–water partition coefficient (Wildman–Crippen LogP) is 5.36. The van der Waals surface area contributed by atoms with Crippen LogP contribution in [0.2, 0.25) is 0 Å². The minimum absolute atomic E-state index is 0.111. The van der Waals surface area contributed by atoms with Gasteiger partial charge in [-0.25, -0.2) is 0 Å². The Morgan fingerprint density at radius 3 is 2.70 bits per heavy atom. The Hall–Kier alpha value is -2.32. The van der Waals surface area contributed by atoms with E-state index in [-0.39, 0.29) is 11.7 Å². The highest BCUT2D eigenvalue weighted by Gasteiger charge is 2.11. The van der Waals surface area contributed by atoms with Gasteiger partial charge in [-0.05, 0) is 67.6 Å². The summed E-state index contributed by atoms with van der Waals surface area (Å²) in [7, 11) is 1.68. The number of rotatable bonds is 9. The summed E-state index contributed by atoms with van der Waals surface area (Å²) in [5.74, 6) is 1.59. The molecule has 0 aliphatic rings. The van der Waals surface area contributed by atoms with Crippen LogP contribution in [0.5, 0.6) is 5.75 Å². The molecule has 1 aromatic heterocycles. The van der Waals surface area contributed by atoms with Crippen LogP contribution < -0.4 is 10.1 Å². The molecule has 30 heavy (non-hydrogen) atoms. The Bertz CT molecular complexity index is 1020. The normalized spacial score (nSPS) is 10.8. The number of nitrogens with zero attached hydrogens (tertiary/aromatic N) is 2. The number of hydrogen-bond donors (Lipinski definition) is 1. The second-order valence-corrected chi connectivity index (χ2v) is 8.76. The molecule has 3 rings (SSSR count). The van der Waals surface area contributed by atoms with E-state index in [2.05, 4.69) is 43.6 Å². The van der Waals surface area contributed by atoms with Crippen LogP contribution in [0, 0.1) is 13.8 Å². The van der Waals surface area contributed by atoms with Crippen molar-refractivity contribution in [1.82, 2.24) is 10.2 Å². The van der Waals surface area contributed by atoms with E-state index in [9.17, 15) is 4.79 Å². The molecular formula is C22H24BrN3O3S. The summed E-state index contributed by atoms with van der Waals surface area (Å²) in [5.41, 5.74) is 4.17. The summed E-state index contributed by atoms with van der Waals surface area (Å²) in [4.78, 5) is 12.2. The molecule has 0 fully saturated rings. The van der Waals surface area contributed by atoms with Gasteiger partial charge in [0.05, 0.1) is 12.9 Å². The van der Waals surface area contributed by atoms with Crippen molar-refractivity contribution in [2.45, 2.75) is 38.3 Å². The van der Waals surface area contributed by atoms with Crippen molar-refractivity contribution < 1.29 is 13.9 Å². The molecule has 3 aromatic rings. The summed E-state index contributed by atoms with van der Waals surface area (Å²) in [6.07, 6.45) is 2.52. The van der Waals surface area contributed by atoms with Gasteiger partial charge in [-0.3, -0.25) is 4.79 Å². The molecule has 0 aliphatic carbocycles. The molecule has 0 spiro atoms. The van der Waals surface area contributed by atoms with Crippen LogP contribution in [0.25, 0.3) is 0 Å². The zero-order valence-electron chi connectivity index (χ0n) is 17.2. The minimum atomic E-state index is -0.111. The van der Waals surface area contributed by atoms with Crippen LogP contribution in [0.15, 0.2) is 50.5 Å². The van der Waals surface area contributed by atoms with Crippen molar-refractivity contribution in [2.24, 2.45) is 0 Å². The number of anilines is 1. The van der Waals surface area contributed by atoms with Gasteiger partial charge in [0.1, 0.15) is 5.75 Å². The minimum Gasteiger partial charge on any atom is -0.496 e. The fourth-order valence-electron chi connectivity index (χ4n) is 3.02. The molecule has 0 atom stereocenters. The summed E-state index contributed by atoms with van der Waals surface area (Å²) in [6, 6.07) is 11.9. The fourth-order valence-corrected chi connectivity index (χ4v) is 4.07. The van der Waals surface area contributed by atoms with Gasteiger partial charge in [-0.2, -0.15) is 0 Å². The lowest BCUT2D eigenvalue weighted by Crippen LogP contribution is -2.14. The summed E-state index contributed by atoms with van der Waals surface area (Å²) in [6.45, 7) is 3.99. The van der Waals surface area contributed by atoms with Crippen LogP contribution in [0.1, 0.15) is 29.0 Å². The Kier molecular flexibility index (Phi) is 7.93. The SMILES string of the molecule is COc1ccc(CCCc2nnc(SCC(=O)Nc3ccc(Br)cc3C)o2)cc1C. The van der Waals surface area contributed by atoms with E-state index in [0.29, 0.717) is 17.5 Å². The molecule has 158 valence electrons. The Morgan fingerprint density at radius 2 is 1.97 bits per heavy atom. The molecule has 0 unspecified atom stereocenters. The Morgan fingerprint density at radius 1 is 1.13 bits per heavy atom. The number of hydrogen-bond acceptors (Lipinski definition) is 6. The lowest BCUT2D eigenvalue weighted by atomic mass is 10.1. The number of aryl methyl sites for hydroxylation is 4. The van der Waals surface area contributed by atoms with Gasteiger partial charge in [0, 0.05) is 16.6 Å². The first-order chi connectivity index (χ1) is 14.4. The second-order valence-electron chi connectivity index (χ2n) is 6.92. The highest BCUT2D eigenvalue weighted by molar-refractivity contribution is 9.10. The molecule has 0 saturated heterocycles. The molecule has 1 heterocycles. The van der Waals surface area contributed by atoms with E-state index in [1.807, 2.05) is 38.1 Å². The molecule has 1 N–H and O–H groups in total. The average Bonchev–Trinajstić information content (AvgIpc) is 3.16. The number of thioether (sulfide) groups is 1. The topological polar surface area (TPSA) is 77.2 Å². The van der Waals surface area contributed by atoms with Crippen LogP contribution in [-0.4, -0.2) is 29.0 Å². The smallest absolute Gasteiger partial charge is 0.277 e. The van der Waals surface area contributed by atoms with E-state index in [1.165, 1.54) is 17.3 Å². The van der Waals surface area contributed by atoms with Gasteiger partial charge in [0.15, 0.2) is 0 Å². The third-order valence-electron chi connectivity index (χ3n) is 4.55. The van der Waals surface area contributed by atoms with Gasteiger partial charge in [-0.1, -0.05) is 39.8 Å². The third-order valence-corrected chi connectivity index (χ3v) is 5.86. The quantitative estimate of drug-likeness (QED) is 0.407. The Labute approximate surface area is 188 Å². The highest BCUT2D eigenvalue weighted by Crippen LogP contribution is 2.22. The summed E-state index contributed by atoms with van der Waals surface area (Å²) < 4.78 is 11.9. The zero-order valence-corrected chi connectivity index (χ0v) is 19.6. The maximum atomic E-state index is 12.2. The van der Waals surface area contributed by atoms with Gasteiger partial charge < -0.3 is 14.5 Å². The van der Waals surface area contributed by atoms with Crippen LogP contribution in [-0.2, 0) is 17.6 Å². The van der Waals surface area contributed by atoms with Crippen LogP contribution >= 0.6 is 27.7 Å². The predicted molar refractivity (Wildman–Crippen MR) is 122 cm³/mol. The largest absolute Gasteiger partial charge is 0.496 e. The maximum Gasteiger partial charge on any atom is 0.277 e. The number of halogens is 1. The molecule has 1 amide bonds. The van der Waals surface area contributed by atoms with Gasteiger partial charge in [0.25, 0.3) is 5.22 Å². The number of methoxy groups -OCH3 is 1. The number of benzene rings is 2. The number of carbonyl (C=O) groups is 1. The number of ether oxygens (including phenoxy) is 1. The number of nitrogens with one attached hydrogen (secondary N) is 1. The number of amides is 1. The van der Waals surface area contributed by atoms with E-state index < -0.39 is 0 Å². The summed E-state index contributed by atoms with van der Waals surface area (Å²) >= 11 is 4.65. The zero-order chi connectivity index (χ0) is 21.5. The molecular weight excluding hydrogens is 466 g/mol. The van der Waals surface area contributed by atoms with Crippen LogP contribution in [0.3, 0.4) is 0 Å². The summed E-state index contributed by atoms with van der Waals surface area (Å²) in [5, 5.41) is 11.4. The van der Waals surface area contributed by atoms with Gasteiger partial charge in [0.2, 0.25) is 11.8 Å². The van der Waals surface area contributed by atoms with Gasteiger partial charge >= 0.3 is 0 Å². The standard InChI is InChI=1S/C22H24BrN3O3S/c1-14-12-17(23)8-9-18(14)24-20(27)13-30-22-26-25-21(29-22)6-4-5-16-7-10-19(28-3)15(2)11-16/h7-12H,4-6,13H2,1-3H3,(H,24,27). The molecule has 0 saturated carbocycles. The third kappa shape index (κ3) is 6.34. The van der Waals surface area contributed by atoms with Crippen molar-refractivity contribution in [3.05, 3.63) is 63.5 Å². The second kappa shape index (κ2) is 10.6. The molecule has 0 aliphatic heterocycles. The average molecular weight is 490 g/mol. The van der Waals surface area contributed by atoms with Crippen molar-refractivity contribution >= 4 is 39.3 Å². The molecule has 8 heteroatoms. The van der Waals surface area contributed by atoms with E-state index in [1.54, 1.807) is 7.11 Å². The first kappa shape index (κ1) is 22.4. The first-order valence-corrected chi connectivity index (χ1v) is 11.4. The van der Waals surface area contributed by atoms with E-state index in [4.69, 9.17) is 9.15 Å². The van der Waals surface area contributed by atoms with Crippen molar-refractivity contribution in [1.29, 1.82) is 0 Å². The van der Waals surface area contributed by atoms with Crippen molar-refractivity contribution in [3.63, 3.8) is 0 Å². The van der Waals surface area contributed by atoms with Crippen molar-refractivity contribution in [3.8, 4) is 5.75 Å². The molecule has 2 aromatic carbocycles.